The molecular weight excluding hydrogens is 208 g/mol. The van der Waals surface area contributed by atoms with Crippen molar-refractivity contribution < 1.29 is 9.53 Å². The van der Waals surface area contributed by atoms with Gasteiger partial charge < -0.3 is 4.74 Å². The first-order chi connectivity index (χ1) is 7.08. The normalized spacial score (nSPS) is 23.9. The molecule has 1 saturated carbocycles. The molecule has 82 valence electrons. The molecule has 2 unspecified atom stereocenters. The second-order valence-electron chi connectivity index (χ2n) is 4.40. The van der Waals surface area contributed by atoms with E-state index in [0.717, 1.165) is 16.4 Å². The molecule has 1 aromatic heterocycles. The number of carbonyl (C=O) groups excluding carboxylic acids is 1. The van der Waals surface area contributed by atoms with E-state index in [1.54, 1.807) is 11.3 Å². The average Bonchev–Trinajstić information content (AvgIpc) is 2.76. The lowest BCUT2D eigenvalue weighted by molar-refractivity contribution is 0.0481. The Hall–Kier alpha value is -0.830. The van der Waals surface area contributed by atoms with Crippen LogP contribution in [0, 0.1) is 25.7 Å². The predicted octanol–water partition coefficient (Wildman–Crippen LogP) is 3.18. The standard InChI is InChI=1S/C12H16O2S/c1-7-4-10(7)6-14-12(13)11-5-8(2)15-9(11)3/h5,7,10H,4,6H2,1-3H3. The molecular formula is C12H16O2S. The van der Waals surface area contributed by atoms with Gasteiger partial charge in [-0.25, -0.2) is 4.79 Å². The number of esters is 1. The molecule has 0 amide bonds. The van der Waals surface area contributed by atoms with Gasteiger partial charge in [-0.2, -0.15) is 0 Å². The zero-order chi connectivity index (χ0) is 11.0. The van der Waals surface area contributed by atoms with Gasteiger partial charge in [0.2, 0.25) is 0 Å². The molecule has 0 aromatic carbocycles. The highest BCUT2D eigenvalue weighted by Crippen LogP contribution is 2.37. The number of carbonyl (C=O) groups is 1. The van der Waals surface area contributed by atoms with E-state index in [-0.39, 0.29) is 5.97 Å². The summed E-state index contributed by atoms with van der Waals surface area (Å²) in [6.07, 6.45) is 1.20. The van der Waals surface area contributed by atoms with Gasteiger partial charge in [-0.1, -0.05) is 6.92 Å². The van der Waals surface area contributed by atoms with Crippen molar-refractivity contribution in [1.82, 2.24) is 0 Å². The minimum atomic E-state index is -0.157. The maximum absolute atomic E-state index is 11.7. The highest BCUT2D eigenvalue weighted by atomic mass is 32.1. The van der Waals surface area contributed by atoms with Crippen molar-refractivity contribution in [3.05, 3.63) is 21.4 Å². The third-order valence-corrected chi connectivity index (χ3v) is 3.93. The lowest BCUT2D eigenvalue weighted by Gasteiger charge is -2.02. The van der Waals surface area contributed by atoms with Gasteiger partial charge in [0.1, 0.15) is 0 Å². The van der Waals surface area contributed by atoms with Crippen molar-refractivity contribution in [3.63, 3.8) is 0 Å². The third-order valence-electron chi connectivity index (χ3n) is 2.97. The number of rotatable bonds is 3. The van der Waals surface area contributed by atoms with Crippen LogP contribution in [0.2, 0.25) is 0 Å². The Labute approximate surface area is 94.3 Å². The summed E-state index contributed by atoms with van der Waals surface area (Å²) in [4.78, 5) is 13.9. The van der Waals surface area contributed by atoms with E-state index in [1.807, 2.05) is 19.9 Å². The zero-order valence-electron chi connectivity index (χ0n) is 9.37. The summed E-state index contributed by atoms with van der Waals surface area (Å²) in [6.45, 7) is 6.76. The fraction of sp³-hybridized carbons (Fsp3) is 0.583. The number of hydrogen-bond donors (Lipinski definition) is 0. The first-order valence-corrected chi connectivity index (χ1v) is 6.13. The summed E-state index contributed by atoms with van der Waals surface area (Å²) in [6, 6.07) is 1.92. The number of ether oxygens (including phenoxy) is 1. The van der Waals surface area contributed by atoms with Crippen LogP contribution in [0.15, 0.2) is 6.07 Å². The molecule has 2 rings (SSSR count). The maximum Gasteiger partial charge on any atom is 0.339 e. The second-order valence-corrected chi connectivity index (χ2v) is 5.86. The molecule has 1 heterocycles. The van der Waals surface area contributed by atoms with Crippen LogP contribution in [0.1, 0.15) is 33.5 Å². The number of hydrogen-bond acceptors (Lipinski definition) is 3. The number of thiophene rings is 1. The monoisotopic (exact) mass is 224 g/mol. The van der Waals surface area contributed by atoms with Crippen LogP contribution in [0.25, 0.3) is 0 Å². The van der Waals surface area contributed by atoms with Crippen LogP contribution in [0.4, 0.5) is 0 Å². The Morgan fingerprint density at radius 2 is 2.27 bits per heavy atom. The second kappa shape index (κ2) is 3.97. The fourth-order valence-electron chi connectivity index (χ4n) is 1.73. The van der Waals surface area contributed by atoms with Crippen molar-refractivity contribution in [2.75, 3.05) is 6.61 Å². The fourth-order valence-corrected chi connectivity index (χ4v) is 2.64. The molecule has 15 heavy (non-hydrogen) atoms. The molecule has 3 heteroatoms. The SMILES string of the molecule is Cc1cc(C(=O)OCC2CC2C)c(C)s1. The molecule has 0 aliphatic heterocycles. The summed E-state index contributed by atoms with van der Waals surface area (Å²) in [5.74, 6) is 1.19. The maximum atomic E-state index is 11.7. The Balaban J connectivity index is 1.92. The first-order valence-electron chi connectivity index (χ1n) is 5.32. The third kappa shape index (κ3) is 2.40. The molecule has 1 aliphatic rings. The molecule has 2 nitrogen and oxygen atoms in total. The quantitative estimate of drug-likeness (QED) is 0.737. The highest BCUT2D eigenvalue weighted by Gasteiger charge is 2.33. The van der Waals surface area contributed by atoms with Crippen molar-refractivity contribution >= 4 is 17.3 Å². The molecule has 0 saturated heterocycles. The zero-order valence-corrected chi connectivity index (χ0v) is 10.2. The highest BCUT2D eigenvalue weighted by molar-refractivity contribution is 7.12. The first kappa shape index (κ1) is 10.7. The lowest BCUT2D eigenvalue weighted by Crippen LogP contribution is -2.08. The minimum Gasteiger partial charge on any atom is -0.462 e. The van der Waals surface area contributed by atoms with Crippen LogP contribution >= 0.6 is 11.3 Å². The predicted molar refractivity (Wildman–Crippen MR) is 61.3 cm³/mol. The topological polar surface area (TPSA) is 26.3 Å². The van der Waals surface area contributed by atoms with E-state index in [1.165, 1.54) is 11.3 Å². The Morgan fingerprint density at radius 3 is 2.73 bits per heavy atom. The Morgan fingerprint density at radius 1 is 1.60 bits per heavy atom. The van der Waals surface area contributed by atoms with Gasteiger partial charge in [0.15, 0.2) is 0 Å². The van der Waals surface area contributed by atoms with Crippen molar-refractivity contribution in [1.29, 1.82) is 0 Å². The summed E-state index contributed by atoms with van der Waals surface area (Å²) >= 11 is 1.65. The van der Waals surface area contributed by atoms with Crippen molar-refractivity contribution in [2.24, 2.45) is 11.8 Å². The molecule has 1 aliphatic carbocycles. The lowest BCUT2D eigenvalue weighted by atomic mass is 10.2. The van der Waals surface area contributed by atoms with Crippen LogP contribution in [-0.4, -0.2) is 12.6 Å². The van der Waals surface area contributed by atoms with E-state index in [2.05, 4.69) is 6.92 Å². The van der Waals surface area contributed by atoms with E-state index < -0.39 is 0 Å². The smallest absolute Gasteiger partial charge is 0.339 e. The Kier molecular flexibility index (Phi) is 2.83. The molecule has 1 aromatic rings. The molecule has 0 bridgehead atoms. The average molecular weight is 224 g/mol. The molecule has 2 atom stereocenters. The van der Waals surface area contributed by atoms with Crippen LogP contribution in [-0.2, 0) is 4.74 Å². The van der Waals surface area contributed by atoms with E-state index in [4.69, 9.17) is 4.74 Å². The summed E-state index contributed by atoms with van der Waals surface area (Å²) in [5, 5.41) is 0. The number of aryl methyl sites for hydroxylation is 2. The largest absolute Gasteiger partial charge is 0.462 e. The van der Waals surface area contributed by atoms with Crippen LogP contribution < -0.4 is 0 Å². The summed E-state index contributed by atoms with van der Waals surface area (Å²) in [5.41, 5.74) is 0.741. The van der Waals surface area contributed by atoms with Gasteiger partial charge in [0.25, 0.3) is 0 Å². The van der Waals surface area contributed by atoms with Crippen molar-refractivity contribution in [2.45, 2.75) is 27.2 Å². The minimum absolute atomic E-state index is 0.157. The molecule has 0 radical (unpaired) electrons. The van der Waals surface area contributed by atoms with Gasteiger partial charge in [-0.3, -0.25) is 0 Å². The van der Waals surface area contributed by atoms with Gasteiger partial charge in [-0.15, -0.1) is 11.3 Å². The van der Waals surface area contributed by atoms with Gasteiger partial charge in [0, 0.05) is 9.75 Å². The van der Waals surface area contributed by atoms with Crippen LogP contribution in [0.3, 0.4) is 0 Å². The Bertz CT molecular complexity index is 381. The van der Waals surface area contributed by atoms with Gasteiger partial charge >= 0.3 is 5.97 Å². The van der Waals surface area contributed by atoms with Crippen LogP contribution in [0.5, 0.6) is 0 Å². The van der Waals surface area contributed by atoms with Crippen molar-refractivity contribution in [3.8, 4) is 0 Å². The summed E-state index contributed by atoms with van der Waals surface area (Å²) < 4.78 is 5.28. The van der Waals surface area contributed by atoms with E-state index >= 15 is 0 Å². The van der Waals surface area contributed by atoms with Gasteiger partial charge in [-0.05, 0) is 38.2 Å². The van der Waals surface area contributed by atoms with Gasteiger partial charge in [0.05, 0.1) is 12.2 Å². The summed E-state index contributed by atoms with van der Waals surface area (Å²) in [7, 11) is 0. The molecule has 0 spiro atoms. The molecule has 0 N–H and O–H groups in total. The van der Waals surface area contributed by atoms with E-state index in [0.29, 0.717) is 12.5 Å². The van der Waals surface area contributed by atoms with E-state index in [9.17, 15) is 4.79 Å². The molecule has 1 fully saturated rings.